The quantitative estimate of drug-likeness (QED) is 0.398. The van der Waals surface area contributed by atoms with Crippen molar-refractivity contribution in [3.8, 4) is 5.75 Å². The summed E-state index contributed by atoms with van der Waals surface area (Å²) in [5.41, 5.74) is 4.60. The molecule has 0 bridgehead atoms. The van der Waals surface area contributed by atoms with Crippen LogP contribution in [0.15, 0.2) is 78.9 Å². The van der Waals surface area contributed by atoms with Crippen molar-refractivity contribution in [2.45, 2.75) is 13.0 Å². The second kappa shape index (κ2) is 9.03. The Bertz CT molecular complexity index is 1360. The molecular weight excluding hydrogens is 450 g/mol. The first-order chi connectivity index (χ1) is 16.5. The first-order valence-electron chi connectivity index (χ1n) is 10.7. The van der Waals surface area contributed by atoms with E-state index in [1.165, 1.54) is 5.56 Å². The number of ether oxygens (including phenoxy) is 1. The minimum absolute atomic E-state index is 0.209. The number of rotatable bonds is 5. The molecule has 34 heavy (non-hydrogen) atoms. The lowest BCUT2D eigenvalue weighted by molar-refractivity contribution is 0.102. The highest BCUT2D eigenvalue weighted by atomic mass is 35.5. The highest BCUT2D eigenvalue weighted by Gasteiger charge is 2.26. The summed E-state index contributed by atoms with van der Waals surface area (Å²) >= 11 is 6.11. The molecular formula is C26H22ClN5O2. The molecule has 0 saturated carbocycles. The van der Waals surface area contributed by atoms with Gasteiger partial charge >= 0.3 is 0 Å². The molecule has 8 heteroatoms. The molecule has 0 saturated heterocycles. The van der Waals surface area contributed by atoms with Crippen LogP contribution in [-0.2, 0) is 0 Å². The first-order valence-corrected chi connectivity index (χ1v) is 11.1. The number of halogens is 1. The Balaban J connectivity index is 1.48. The van der Waals surface area contributed by atoms with Gasteiger partial charge in [-0.1, -0.05) is 53.6 Å². The summed E-state index contributed by atoms with van der Waals surface area (Å²) in [5.74, 6) is 1.11. The molecule has 4 aromatic rings. The van der Waals surface area contributed by atoms with Crippen LogP contribution in [0.1, 0.15) is 33.1 Å². The standard InChI is InChI=1S/C26H22ClN5O2/c1-16-3-5-17(6-4-16)22-15-23(18-7-11-20(27)12-8-18)32-26(28-22)30-25(31-32)29-24(33)19-9-13-21(34-2)14-10-19/h3-15,23H,1-2H3,(H2,28,29,30,31,33)/t23-/m1/s1. The first kappa shape index (κ1) is 21.7. The molecule has 0 unspecified atom stereocenters. The molecule has 2 N–H and O–H groups in total. The molecule has 1 aliphatic rings. The van der Waals surface area contributed by atoms with E-state index in [1.54, 1.807) is 36.1 Å². The Kier molecular flexibility index (Phi) is 5.77. The molecule has 170 valence electrons. The van der Waals surface area contributed by atoms with Gasteiger partial charge in [-0.05, 0) is 60.5 Å². The van der Waals surface area contributed by atoms with Gasteiger partial charge in [0.2, 0.25) is 5.95 Å². The zero-order valence-electron chi connectivity index (χ0n) is 18.6. The van der Waals surface area contributed by atoms with Crippen LogP contribution in [0, 0.1) is 6.92 Å². The Morgan fingerprint density at radius 2 is 1.74 bits per heavy atom. The maximum absolute atomic E-state index is 12.7. The van der Waals surface area contributed by atoms with Crippen LogP contribution in [0.5, 0.6) is 5.75 Å². The fourth-order valence-electron chi connectivity index (χ4n) is 3.76. The summed E-state index contributed by atoms with van der Waals surface area (Å²) in [7, 11) is 1.58. The fourth-order valence-corrected chi connectivity index (χ4v) is 3.89. The van der Waals surface area contributed by atoms with E-state index in [0.717, 1.165) is 16.8 Å². The molecule has 5 rings (SSSR count). The molecule has 0 radical (unpaired) electrons. The van der Waals surface area contributed by atoms with Gasteiger partial charge < -0.3 is 10.1 Å². The number of nitrogens with zero attached hydrogens (tertiary/aromatic N) is 3. The average Bonchev–Trinajstić information content (AvgIpc) is 3.27. The van der Waals surface area contributed by atoms with E-state index in [4.69, 9.17) is 16.3 Å². The minimum atomic E-state index is -0.305. The third kappa shape index (κ3) is 4.38. The predicted octanol–water partition coefficient (Wildman–Crippen LogP) is 5.56. The van der Waals surface area contributed by atoms with Crippen molar-refractivity contribution in [2.24, 2.45) is 0 Å². The van der Waals surface area contributed by atoms with Crippen LogP contribution in [0.25, 0.3) is 5.70 Å². The Labute approximate surface area is 202 Å². The second-order valence-corrected chi connectivity index (χ2v) is 8.39. The Morgan fingerprint density at radius 3 is 2.41 bits per heavy atom. The van der Waals surface area contributed by atoms with Crippen molar-refractivity contribution in [3.05, 3.63) is 106 Å². The molecule has 0 fully saturated rings. The van der Waals surface area contributed by atoms with Crippen LogP contribution in [0.3, 0.4) is 0 Å². The van der Waals surface area contributed by atoms with E-state index < -0.39 is 0 Å². The van der Waals surface area contributed by atoms with Crippen molar-refractivity contribution in [1.29, 1.82) is 0 Å². The smallest absolute Gasteiger partial charge is 0.258 e. The lowest BCUT2D eigenvalue weighted by Gasteiger charge is -2.24. The van der Waals surface area contributed by atoms with Crippen LogP contribution in [0.4, 0.5) is 11.9 Å². The number of benzene rings is 3. The van der Waals surface area contributed by atoms with Crippen molar-refractivity contribution in [3.63, 3.8) is 0 Å². The van der Waals surface area contributed by atoms with Crippen LogP contribution < -0.4 is 15.4 Å². The number of methoxy groups -OCH3 is 1. The molecule has 1 aromatic heterocycles. The Hall–Kier alpha value is -4.10. The van der Waals surface area contributed by atoms with E-state index in [1.807, 2.05) is 24.3 Å². The van der Waals surface area contributed by atoms with Gasteiger partial charge in [-0.2, -0.15) is 4.98 Å². The topological polar surface area (TPSA) is 81.1 Å². The number of allylic oxidation sites excluding steroid dienone is 1. The summed E-state index contributed by atoms with van der Waals surface area (Å²) in [6, 6.07) is 22.5. The van der Waals surface area contributed by atoms with E-state index >= 15 is 0 Å². The number of anilines is 2. The third-order valence-corrected chi connectivity index (χ3v) is 5.87. The fraction of sp³-hybridized carbons (Fsp3) is 0.115. The molecule has 1 atom stereocenters. The summed E-state index contributed by atoms with van der Waals surface area (Å²) in [5, 5.41) is 11.4. The molecule has 1 amide bonds. The lowest BCUT2D eigenvalue weighted by Crippen LogP contribution is -2.20. The lowest BCUT2D eigenvalue weighted by atomic mass is 10.0. The number of amides is 1. The molecule has 7 nitrogen and oxygen atoms in total. The minimum Gasteiger partial charge on any atom is -0.497 e. The van der Waals surface area contributed by atoms with Crippen LogP contribution >= 0.6 is 11.6 Å². The van der Waals surface area contributed by atoms with E-state index in [-0.39, 0.29) is 17.9 Å². The van der Waals surface area contributed by atoms with E-state index in [9.17, 15) is 4.79 Å². The highest BCUT2D eigenvalue weighted by Crippen LogP contribution is 2.33. The van der Waals surface area contributed by atoms with Crippen LogP contribution in [-0.4, -0.2) is 27.8 Å². The third-order valence-electron chi connectivity index (χ3n) is 5.62. The van der Waals surface area contributed by atoms with Gasteiger partial charge in [0.25, 0.3) is 11.9 Å². The SMILES string of the molecule is COc1ccc(C(=O)Nc2nc3n(n2)[C@@H](c2ccc(Cl)cc2)C=C(c2ccc(C)cc2)N3)cc1. The van der Waals surface area contributed by atoms with Crippen molar-refractivity contribution in [2.75, 3.05) is 17.7 Å². The highest BCUT2D eigenvalue weighted by molar-refractivity contribution is 6.30. The second-order valence-electron chi connectivity index (χ2n) is 7.95. The summed E-state index contributed by atoms with van der Waals surface area (Å²) in [6.07, 6.45) is 2.09. The largest absolute Gasteiger partial charge is 0.497 e. The van der Waals surface area contributed by atoms with Crippen molar-refractivity contribution in [1.82, 2.24) is 14.8 Å². The van der Waals surface area contributed by atoms with Gasteiger partial charge in [-0.25, -0.2) is 4.68 Å². The summed E-state index contributed by atoms with van der Waals surface area (Å²) in [4.78, 5) is 17.3. The van der Waals surface area contributed by atoms with Gasteiger partial charge in [0.1, 0.15) is 11.8 Å². The van der Waals surface area contributed by atoms with Crippen molar-refractivity contribution >= 4 is 35.1 Å². The van der Waals surface area contributed by atoms with Gasteiger partial charge in [0, 0.05) is 16.3 Å². The molecule has 1 aliphatic heterocycles. The van der Waals surface area contributed by atoms with Gasteiger partial charge in [0.15, 0.2) is 0 Å². The van der Waals surface area contributed by atoms with Gasteiger partial charge in [0.05, 0.1) is 7.11 Å². The zero-order valence-corrected chi connectivity index (χ0v) is 19.4. The number of nitrogens with one attached hydrogen (secondary N) is 2. The van der Waals surface area contributed by atoms with E-state index in [0.29, 0.717) is 22.3 Å². The predicted molar refractivity (Wildman–Crippen MR) is 133 cm³/mol. The summed E-state index contributed by atoms with van der Waals surface area (Å²) < 4.78 is 6.91. The number of carbonyl (C=O) groups excluding carboxylic acids is 1. The maximum Gasteiger partial charge on any atom is 0.258 e. The molecule has 2 heterocycles. The molecule has 3 aromatic carbocycles. The molecule has 0 spiro atoms. The van der Waals surface area contributed by atoms with E-state index in [2.05, 4.69) is 58.0 Å². The van der Waals surface area contributed by atoms with Gasteiger partial charge in [-0.3, -0.25) is 10.1 Å². The summed E-state index contributed by atoms with van der Waals surface area (Å²) in [6.45, 7) is 2.05. The number of aryl methyl sites for hydroxylation is 1. The van der Waals surface area contributed by atoms with Gasteiger partial charge in [-0.15, -0.1) is 5.10 Å². The average molecular weight is 472 g/mol. The number of aromatic nitrogens is 3. The Morgan fingerprint density at radius 1 is 1.03 bits per heavy atom. The number of fused-ring (bicyclic) bond motifs is 1. The molecule has 0 aliphatic carbocycles. The number of hydrogen-bond donors (Lipinski definition) is 2. The maximum atomic E-state index is 12.7. The normalized spacial score (nSPS) is 14.6. The van der Waals surface area contributed by atoms with Crippen molar-refractivity contribution < 1.29 is 9.53 Å². The number of hydrogen-bond acceptors (Lipinski definition) is 5. The number of carbonyl (C=O) groups is 1. The monoisotopic (exact) mass is 471 g/mol. The van der Waals surface area contributed by atoms with Crippen LogP contribution in [0.2, 0.25) is 5.02 Å². The zero-order chi connectivity index (χ0) is 23.7.